The summed E-state index contributed by atoms with van der Waals surface area (Å²) in [5, 5.41) is 5.81. The van der Waals surface area contributed by atoms with E-state index in [1.807, 2.05) is 6.26 Å². The van der Waals surface area contributed by atoms with Crippen LogP contribution in [0.2, 0.25) is 5.02 Å². The molecule has 7 heteroatoms. The van der Waals surface area contributed by atoms with E-state index in [0.29, 0.717) is 34.0 Å². The molecule has 0 unspecified atom stereocenters. The van der Waals surface area contributed by atoms with Crippen molar-refractivity contribution < 1.29 is 14.0 Å². The van der Waals surface area contributed by atoms with Crippen molar-refractivity contribution in [2.75, 3.05) is 17.3 Å². The minimum absolute atomic E-state index is 0.314. The molecule has 0 spiro atoms. The Morgan fingerprint density at radius 3 is 2.62 bits per heavy atom. The highest BCUT2D eigenvalue weighted by molar-refractivity contribution is 7.98. The van der Waals surface area contributed by atoms with Crippen molar-refractivity contribution in [3.05, 3.63) is 64.4 Å². The smallest absolute Gasteiger partial charge is 0.253 e. The normalized spacial score (nSPS) is 11.7. The largest absolute Gasteiger partial charge is 0.340 e. The van der Waals surface area contributed by atoms with E-state index in [0.717, 1.165) is 0 Å². The van der Waals surface area contributed by atoms with Gasteiger partial charge in [0.25, 0.3) is 5.91 Å². The van der Waals surface area contributed by atoms with Crippen molar-refractivity contribution in [1.82, 2.24) is 5.32 Å². The molecule has 0 saturated carbocycles. The average molecular weight is 395 g/mol. The maximum absolute atomic E-state index is 13.2. The molecule has 0 radical (unpaired) electrons. The minimum atomic E-state index is -0.726. The van der Waals surface area contributed by atoms with Gasteiger partial charge in [-0.15, -0.1) is 0 Å². The first-order valence-electron chi connectivity index (χ1n) is 8.03. The molecule has 138 valence electrons. The van der Waals surface area contributed by atoms with E-state index in [4.69, 9.17) is 11.6 Å². The van der Waals surface area contributed by atoms with Gasteiger partial charge < -0.3 is 10.6 Å². The number of amides is 2. The molecule has 26 heavy (non-hydrogen) atoms. The Kier molecular flexibility index (Phi) is 7.48. The van der Waals surface area contributed by atoms with Crippen LogP contribution in [0.1, 0.15) is 22.3 Å². The molecule has 2 amide bonds. The van der Waals surface area contributed by atoms with E-state index in [1.54, 1.807) is 43.0 Å². The molecule has 2 rings (SSSR count). The monoisotopic (exact) mass is 394 g/mol. The third-order valence-electron chi connectivity index (χ3n) is 3.80. The molecule has 2 N–H and O–H groups in total. The molecule has 0 fully saturated rings. The number of halogens is 2. The maximum Gasteiger partial charge on any atom is 0.253 e. The summed E-state index contributed by atoms with van der Waals surface area (Å²) in [7, 11) is 0. The summed E-state index contributed by atoms with van der Waals surface area (Å²) in [6.45, 7) is 1.71. The SMILES string of the molecule is CSCC[C@@H](NC(=O)c1ccccc1Cl)C(=O)Nc1ccc(F)cc1C. The van der Waals surface area contributed by atoms with Crippen LogP contribution in [0.25, 0.3) is 0 Å². The number of rotatable bonds is 7. The van der Waals surface area contributed by atoms with E-state index in [-0.39, 0.29) is 11.7 Å². The Balaban J connectivity index is 2.14. The number of thioether (sulfide) groups is 1. The molecule has 2 aromatic carbocycles. The van der Waals surface area contributed by atoms with Crippen LogP contribution in [0.5, 0.6) is 0 Å². The van der Waals surface area contributed by atoms with Crippen molar-refractivity contribution in [2.45, 2.75) is 19.4 Å². The quantitative estimate of drug-likeness (QED) is 0.737. The fraction of sp³-hybridized carbons (Fsp3) is 0.263. The zero-order valence-electron chi connectivity index (χ0n) is 14.5. The summed E-state index contributed by atoms with van der Waals surface area (Å²) in [6, 6.07) is 10.1. The van der Waals surface area contributed by atoms with Crippen LogP contribution in [-0.4, -0.2) is 29.9 Å². The van der Waals surface area contributed by atoms with Crippen molar-refractivity contribution in [2.24, 2.45) is 0 Å². The lowest BCUT2D eigenvalue weighted by Crippen LogP contribution is -2.44. The molecule has 0 aliphatic heterocycles. The van der Waals surface area contributed by atoms with Gasteiger partial charge in [0, 0.05) is 5.69 Å². The highest BCUT2D eigenvalue weighted by atomic mass is 35.5. The van der Waals surface area contributed by atoms with Gasteiger partial charge in [0.1, 0.15) is 11.9 Å². The first-order chi connectivity index (χ1) is 12.4. The van der Waals surface area contributed by atoms with Crippen molar-refractivity contribution in [1.29, 1.82) is 0 Å². The fourth-order valence-corrected chi connectivity index (χ4v) is 3.07. The van der Waals surface area contributed by atoms with Crippen LogP contribution in [0.15, 0.2) is 42.5 Å². The Hall–Kier alpha value is -2.05. The highest BCUT2D eigenvalue weighted by Gasteiger charge is 2.22. The third kappa shape index (κ3) is 5.47. The predicted molar refractivity (Wildman–Crippen MR) is 105 cm³/mol. The number of carbonyl (C=O) groups excluding carboxylic acids is 2. The number of aryl methyl sites for hydroxylation is 1. The van der Waals surface area contributed by atoms with Gasteiger partial charge in [-0.25, -0.2) is 4.39 Å². The summed E-state index contributed by atoms with van der Waals surface area (Å²) in [5.74, 6) is -0.433. The maximum atomic E-state index is 13.2. The van der Waals surface area contributed by atoms with Crippen molar-refractivity contribution >= 4 is 40.9 Å². The molecule has 0 aliphatic carbocycles. The number of carbonyl (C=O) groups is 2. The Labute approximate surface area is 161 Å². The number of hydrogen-bond donors (Lipinski definition) is 2. The van der Waals surface area contributed by atoms with Gasteiger partial charge in [-0.1, -0.05) is 23.7 Å². The summed E-state index contributed by atoms with van der Waals surface area (Å²) < 4.78 is 13.2. The van der Waals surface area contributed by atoms with Crippen LogP contribution in [0, 0.1) is 12.7 Å². The van der Waals surface area contributed by atoms with E-state index < -0.39 is 11.9 Å². The summed E-state index contributed by atoms with van der Waals surface area (Å²) >= 11 is 7.63. The van der Waals surface area contributed by atoms with Gasteiger partial charge in [0.15, 0.2) is 0 Å². The van der Waals surface area contributed by atoms with E-state index in [9.17, 15) is 14.0 Å². The second-order valence-electron chi connectivity index (χ2n) is 5.74. The fourth-order valence-electron chi connectivity index (χ4n) is 2.37. The first-order valence-corrected chi connectivity index (χ1v) is 9.81. The molecule has 0 aliphatic rings. The number of hydrogen-bond acceptors (Lipinski definition) is 3. The average Bonchev–Trinajstić information content (AvgIpc) is 2.61. The molecule has 0 bridgehead atoms. The molecular formula is C19H20ClFN2O2S. The molecule has 0 saturated heterocycles. The van der Waals surface area contributed by atoms with Crippen molar-refractivity contribution in [3.8, 4) is 0 Å². The number of benzene rings is 2. The second-order valence-corrected chi connectivity index (χ2v) is 7.13. The Bertz CT molecular complexity index is 801. The van der Waals surface area contributed by atoms with Gasteiger partial charge in [-0.3, -0.25) is 9.59 Å². The van der Waals surface area contributed by atoms with Crippen LogP contribution in [-0.2, 0) is 4.79 Å². The highest BCUT2D eigenvalue weighted by Crippen LogP contribution is 2.18. The zero-order chi connectivity index (χ0) is 19.1. The lowest BCUT2D eigenvalue weighted by Gasteiger charge is -2.19. The third-order valence-corrected chi connectivity index (χ3v) is 4.77. The summed E-state index contributed by atoms with van der Waals surface area (Å²) in [6.07, 6.45) is 2.39. The molecule has 1 atom stereocenters. The second kappa shape index (κ2) is 9.59. The number of nitrogens with one attached hydrogen (secondary N) is 2. The van der Waals surface area contributed by atoms with Gasteiger partial charge in [-0.05, 0) is 61.2 Å². The predicted octanol–water partition coefficient (Wildman–Crippen LogP) is 4.28. The van der Waals surface area contributed by atoms with Crippen molar-refractivity contribution in [3.63, 3.8) is 0 Å². The summed E-state index contributed by atoms with van der Waals surface area (Å²) in [5.41, 5.74) is 1.44. The molecule has 0 heterocycles. The molecule has 2 aromatic rings. The number of anilines is 1. The zero-order valence-corrected chi connectivity index (χ0v) is 16.1. The van der Waals surface area contributed by atoms with Gasteiger partial charge in [0.05, 0.1) is 10.6 Å². The standard InChI is InChI=1S/C19H20ClFN2O2S/c1-12-11-13(21)7-8-16(12)22-19(25)17(9-10-26-2)23-18(24)14-5-3-4-6-15(14)20/h3-8,11,17H,9-10H2,1-2H3,(H,22,25)(H,23,24)/t17-/m1/s1. The van der Waals surface area contributed by atoms with Gasteiger partial charge in [0.2, 0.25) is 5.91 Å². The van der Waals surface area contributed by atoms with Crippen LogP contribution in [0.3, 0.4) is 0 Å². The van der Waals surface area contributed by atoms with E-state index in [2.05, 4.69) is 10.6 Å². The van der Waals surface area contributed by atoms with E-state index >= 15 is 0 Å². The Morgan fingerprint density at radius 2 is 1.96 bits per heavy atom. The molecule has 4 nitrogen and oxygen atoms in total. The summed E-state index contributed by atoms with van der Waals surface area (Å²) in [4.78, 5) is 25.1. The first kappa shape index (κ1) is 20.3. The molecule has 0 aromatic heterocycles. The van der Waals surface area contributed by atoms with E-state index in [1.165, 1.54) is 18.2 Å². The van der Waals surface area contributed by atoms with Gasteiger partial charge >= 0.3 is 0 Å². The minimum Gasteiger partial charge on any atom is -0.340 e. The van der Waals surface area contributed by atoms with Crippen LogP contribution in [0.4, 0.5) is 10.1 Å². The van der Waals surface area contributed by atoms with Crippen LogP contribution >= 0.6 is 23.4 Å². The lowest BCUT2D eigenvalue weighted by atomic mass is 10.1. The molecular weight excluding hydrogens is 375 g/mol. The van der Waals surface area contributed by atoms with Gasteiger partial charge in [-0.2, -0.15) is 11.8 Å². The van der Waals surface area contributed by atoms with Crippen LogP contribution < -0.4 is 10.6 Å². The Morgan fingerprint density at radius 1 is 1.23 bits per heavy atom. The lowest BCUT2D eigenvalue weighted by molar-refractivity contribution is -0.118. The topological polar surface area (TPSA) is 58.2 Å².